The third-order valence-corrected chi connectivity index (χ3v) is 4.53. The van der Waals surface area contributed by atoms with Crippen molar-refractivity contribution in [1.29, 1.82) is 0 Å². The SMILES string of the molecule is COc1cc(Sc2ncccn2)nc(NC(=S)N[C@H](C)c2ccccc2)n1. The molecule has 9 heteroatoms. The molecular formula is C18H18N6OS2. The van der Waals surface area contributed by atoms with E-state index in [4.69, 9.17) is 17.0 Å². The average Bonchev–Trinajstić information content (AvgIpc) is 2.69. The van der Waals surface area contributed by atoms with Crippen LogP contribution >= 0.6 is 24.0 Å². The molecule has 0 amide bonds. The molecule has 1 aromatic carbocycles. The predicted octanol–water partition coefficient (Wildman–Crippen LogP) is 3.47. The fraction of sp³-hybridized carbons (Fsp3) is 0.167. The summed E-state index contributed by atoms with van der Waals surface area (Å²) in [5.41, 5.74) is 1.13. The maximum absolute atomic E-state index is 5.39. The molecule has 0 radical (unpaired) electrons. The van der Waals surface area contributed by atoms with Gasteiger partial charge in [-0.1, -0.05) is 30.3 Å². The molecule has 0 spiro atoms. The van der Waals surface area contributed by atoms with Gasteiger partial charge in [0, 0.05) is 18.5 Å². The van der Waals surface area contributed by atoms with Crippen molar-refractivity contribution in [3.63, 3.8) is 0 Å². The number of hydrogen-bond acceptors (Lipinski definition) is 7. The van der Waals surface area contributed by atoms with Crippen molar-refractivity contribution in [2.75, 3.05) is 12.4 Å². The van der Waals surface area contributed by atoms with E-state index < -0.39 is 0 Å². The number of anilines is 1. The average molecular weight is 399 g/mol. The van der Waals surface area contributed by atoms with Crippen LogP contribution in [0, 0.1) is 0 Å². The van der Waals surface area contributed by atoms with E-state index in [0.717, 1.165) is 5.56 Å². The van der Waals surface area contributed by atoms with E-state index in [-0.39, 0.29) is 6.04 Å². The third-order valence-electron chi connectivity index (χ3n) is 3.50. The van der Waals surface area contributed by atoms with E-state index in [1.54, 1.807) is 31.6 Å². The standard InChI is InChI=1S/C18H18N6OS2/c1-12(13-7-4-3-5-8-13)21-17(26)24-16-22-14(25-2)11-15(23-16)27-18-19-9-6-10-20-18/h3-12H,1-2H3,(H2,21,22,23,24,26)/t12-/m1/s1. The second kappa shape index (κ2) is 9.24. The van der Waals surface area contributed by atoms with Crippen LogP contribution < -0.4 is 15.4 Å². The van der Waals surface area contributed by atoms with Gasteiger partial charge < -0.3 is 15.4 Å². The summed E-state index contributed by atoms with van der Waals surface area (Å²) >= 11 is 6.70. The van der Waals surface area contributed by atoms with Crippen molar-refractivity contribution in [3.05, 3.63) is 60.4 Å². The Bertz CT molecular complexity index is 895. The minimum absolute atomic E-state index is 0.0448. The van der Waals surface area contributed by atoms with Gasteiger partial charge in [0.2, 0.25) is 11.8 Å². The molecule has 0 aliphatic carbocycles. The lowest BCUT2D eigenvalue weighted by atomic mass is 10.1. The van der Waals surface area contributed by atoms with Gasteiger partial charge in [-0.2, -0.15) is 4.98 Å². The van der Waals surface area contributed by atoms with Crippen molar-refractivity contribution in [1.82, 2.24) is 25.3 Å². The van der Waals surface area contributed by atoms with Crippen molar-refractivity contribution in [2.45, 2.75) is 23.1 Å². The maximum atomic E-state index is 5.39. The van der Waals surface area contributed by atoms with Crippen LogP contribution in [0.15, 0.2) is 65.0 Å². The van der Waals surface area contributed by atoms with Crippen molar-refractivity contribution in [2.24, 2.45) is 0 Å². The van der Waals surface area contributed by atoms with Crippen molar-refractivity contribution >= 4 is 35.0 Å². The molecule has 1 atom stereocenters. The van der Waals surface area contributed by atoms with Gasteiger partial charge in [0.15, 0.2) is 10.3 Å². The van der Waals surface area contributed by atoms with Crippen LogP contribution in [0.2, 0.25) is 0 Å². The Kier molecular flexibility index (Phi) is 6.50. The third kappa shape index (κ3) is 5.60. The lowest BCUT2D eigenvalue weighted by Crippen LogP contribution is -2.31. The molecule has 0 fully saturated rings. The van der Waals surface area contributed by atoms with Crippen molar-refractivity contribution in [3.8, 4) is 5.88 Å². The zero-order chi connectivity index (χ0) is 19.1. The summed E-state index contributed by atoms with van der Waals surface area (Å²) in [6.45, 7) is 2.03. The van der Waals surface area contributed by atoms with Gasteiger partial charge in [0.05, 0.1) is 13.2 Å². The Balaban J connectivity index is 1.70. The van der Waals surface area contributed by atoms with E-state index in [1.165, 1.54) is 11.8 Å². The highest BCUT2D eigenvalue weighted by Gasteiger charge is 2.11. The molecule has 3 rings (SSSR count). The van der Waals surface area contributed by atoms with Crippen LogP contribution in [0.5, 0.6) is 5.88 Å². The van der Waals surface area contributed by atoms with Crippen LogP contribution in [0.1, 0.15) is 18.5 Å². The quantitative estimate of drug-likeness (QED) is 0.368. The van der Waals surface area contributed by atoms with Gasteiger partial charge in [-0.05, 0) is 42.5 Å². The summed E-state index contributed by atoms with van der Waals surface area (Å²) in [4.78, 5) is 17.1. The Hall–Kier alpha value is -2.78. The number of aromatic nitrogens is 4. The molecule has 0 aliphatic heterocycles. The molecule has 2 heterocycles. The first-order chi connectivity index (χ1) is 13.1. The second-order valence-electron chi connectivity index (χ2n) is 5.44. The summed E-state index contributed by atoms with van der Waals surface area (Å²) in [5, 5.41) is 7.88. The number of benzene rings is 1. The molecule has 0 saturated carbocycles. The van der Waals surface area contributed by atoms with Gasteiger partial charge >= 0.3 is 0 Å². The molecule has 0 bridgehead atoms. The minimum Gasteiger partial charge on any atom is -0.481 e. The van der Waals surface area contributed by atoms with Crippen LogP contribution in [-0.2, 0) is 0 Å². The summed E-state index contributed by atoms with van der Waals surface area (Å²) in [5.74, 6) is 0.760. The molecule has 2 aromatic heterocycles. The first-order valence-electron chi connectivity index (χ1n) is 8.14. The fourth-order valence-corrected chi connectivity index (χ4v) is 3.18. The van der Waals surface area contributed by atoms with E-state index in [1.807, 2.05) is 37.3 Å². The number of methoxy groups -OCH3 is 1. The molecule has 0 aliphatic rings. The van der Waals surface area contributed by atoms with Crippen molar-refractivity contribution < 1.29 is 4.74 Å². The topological polar surface area (TPSA) is 84.9 Å². The fourth-order valence-electron chi connectivity index (χ4n) is 2.21. The highest BCUT2D eigenvalue weighted by molar-refractivity contribution is 7.99. The van der Waals surface area contributed by atoms with E-state index in [9.17, 15) is 0 Å². The van der Waals surface area contributed by atoms with E-state index >= 15 is 0 Å². The number of nitrogens with one attached hydrogen (secondary N) is 2. The molecule has 0 unspecified atom stereocenters. The number of rotatable bonds is 6. The predicted molar refractivity (Wildman–Crippen MR) is 109 cm³/mol. The lowest BCUT2D eigenvalue weighted by Gasteiger charge is -2.17. The minimum atomic E-state index is 0.0448. The summed E-state index contributed by atoms with van der Waals surface area (Å²) in [6.07, 6.45) is 3.36. The lowest BCUT2D eigenvalue weighted by molar-refractivity contribution is 0.396. The van der Waals surface area contributed by atoms with Gasteiger partial charge in [-0.15, -0.1) is 0 Å². The second-order valence-corrected chi connectivity index (χ2v) is 6.83. The van der Waals surface area contributed by atoms with Gasteiger partial charge in [-0.3, -0.25) is 0 Å². The van der Waals surface area contributed by atoms with Gasteiger partial charge in [-0.25, -0.2) is 15.0 Å². The van der Waals surface area contributed by atoms with Gasteiger partial charge in [0.25, 0.3) is 0 Å². The molecule has 2 N–H and O–H groups in total. The number of ether oxygens (including phenoxy) is 1. The largest absolute Gasteiger partial charge is 0.481 e. The summed E-state index contributed by atoms with van der Waals surface area (Å²) in [7, 11) is 1.55. The number of thiocarbonyl (C=S) groups is 1. The molecule has 0 saturated heterocycles. The Morgan fingerprint density at radius 2 is 1.85 bits per heavy atom. The zero-order valence-electron chi connectivity index (χ0n) is 14.8. The smallest absolute Gasteiger partial charge is 0.233 e. The van der Waals surface area contributed by atoms with Crippen LogP contribution in [0.4, 0.5) is 5.95 Å². The summed E-state index contributed by atoms with van der Waals surface area (Å²) < 4.78 is 5.26. The number of nitrogens with zero attached hydrogens (tertiary/aromatic N) is 4. The summed E-state index contributed by atoms with van der Waals surface area (Å²) in [6, 6.07) is 13.6. The molecule has 138 valence electrons. The zero-order valence-corrected chi connectivity index (χ0v) is 16.4. The molecule has 27 heavy (non-hydrogen) atoms. The highest BCUT2D eigenvalue weighted by atomic mass is 32.2. The van der Waals surface area contributed by atoms with Crippen LogP contribution in [0.25, 0.3) is 0 Å². The Labute approximate surface area is 167 Å². The van der Waals surface area contributed by atoms with E-state index in [0.29, 0.717) is 27.1 Å². The number of hydrogen-bond donors (Lipinski definition) is 2. The maximum Gasteiger partial charge on any atom is 0.233 e. The molecular weight excluding hydrogens is 380 g/mol. The molecule has 3 aromatic rings. The monoisotopic (exact) mass is 398 g/mol. The van der Waals surface area contributed by atoms with Crippen LogP contribution in [-0.4, -0.2) is 32.2 Å². The highest BCUT2D eigenvalue weighted by Crippen LogP contribution is 2.26. The Morgan fingerprint density at radius 1 is 1.11 bits per heavy atom. The normalized spacial score (nSPS) is 11.5. The first-order valence-corrected chi connectivity index (χ1v) is 9.37. The first kappa shape index (κ1) is 19.0. The van der Waals surface area contributed by atoms with Gasteiger partial charge in [0.1, 0.15) is 5.03 Å². The molecule has 7 nitrogen and oxygen atoms in total. The van der Waals surface area contributed by atoms with Crippen LogP contribution in [0.3, 0.4) is 0 Å². The Morgan fingerprint density at radius 3 is 2.56 bits per heavy atom. The van der Waals surface area contributed by atoms with E-state index in [2.05, 4.69) is 30.6 Å².